The number of imidazole rings is 1. The lowest BCUT2D eigenvalue weighted by Gasteiger charge is -2.32. The van der Waals surface area contributed by atoms with Crippen molar-refractivity contribution in [3.8, 4) is 5.75 Å². The van der Waals surface area contributed by atoms with Gasteiger partial charge >= 0.3 is 0 Å². The highest BCUT2D eigenvalue weighted by Crippen LogP contribution is 2.21. The van der Waals surface area contributed by atoms with Crippen LogP contribution in [0.25, 0.3) is 0 Å². The van der Waals surface area contributed by atoms with Crippen molar-refractivity contribution in [1.29, 1.82) is 0 Å². The minimum absolute atomic E-state index is 0.00991. The predicted octanol–water partition coefficient (Wildman–Crippen LogP) is 2.34. The van der Waals surface area contributed by atoms with Gasteiger partial charge < -0.3 is 19.5 Å². The highest BCUT2D eigenvalue weighted by atomic mass is 16.5. The van der Waals surface area contributed by atoms with E-state index >= 15 is 0 Å². The molecule has 1 N–H and O–H groups in total. The van der Waals surface area contributed by atoms with Crippen molar-refractivity contribution in [3.05, 3.63) is 48.5 Å². The van der Waals surface area contributed by atoms with Crippen molar-refractivity contribution in [2.75, 3.05) is 20.2 Å². The van der Waals surface area contributed by atoms with Crippen molar-refractivity contribution >= 4 is 11.8 Å². The van der Waals surface area contributed by atoms with Crippen molar-refractivity contribution in [2.45, 2.75) is 38.8 Å². The van der Waals surface area contributed by atoms with E-state index in [9.17, 15) is 9.59 Å². The first kappa shape index (κ1) is 19.9. The molecule has 28 heavy (non-hydrogen) atoms. The second-order valence-corrected chi connectivity index (χ2v) is 7.17. The standard InChI is InChI=1S/C21H28N4O3/c1-3-18(14-24-12-9-22-15-24)23-20(26)16-7-10-25(11-8-16)21(27)17-5-4-6-19(13-17)28-2/h4-6,9,12-13,15-16,18H,3,7-8,10-11,14H2,1-2H3,(H,23,26)/t18-/m0/s1. The van der Waals surface area contributed by atoms with Crippen LogP contribution in [-0.4, -0.2) is 52.5 Å². The first-order valence-electron chi connectivity index (χ1n) is 9.80. The summed E-state index contributed by atoms with van der Waals surface area (Å²) < 4.78 is 7.17. The average molecular weight is 384 g/mol. The van der Waals surface area contributed by atoms with E-state index in [0.717, 1.165) is 13.0 Å². The summed E-state index contributed by atoms with van der Waals surface area (Å²) in [7, 11) is 1.59. The van der Waals surface area contributed by atoms with Crippen LogP contribution < -0.4 is 10.1 Å². The van der Waals surface area contributed by atoms with Crippen LogP contribution in [0.1, 0.15) is 36.5 Å². The molecule has 3 rings (SSSR count). The Hall–Kier alpha value is -2.83. The van der Waals surface area contributed by atoms with Gasteiger partial charge in [-0.25, -0.2) is 4.98 Å². The minimum atomic E-state index is -0.0498. The van der Waals surface area contributed by atoms with Gasteiger partial charge in [0.05, 0.1) is 13.4 Å². The van der Waals surface area contributed by atoms with Gasteiger partial charge in [0.1, 0.15) is 5.75 Å². The normalized spacial score (nSPS) is 15.9. The van der Waals surface area contributed by atoms with Crippen molar-refractivity contribution in [1.82, 2.24) is 19.8 Å². The SMILES string of the molecule is CC[C@@H](Cn1ccnc1)NC(=O)C1CCN(C(=O)c2cccc(OC)c2)CC1. The van der Waals surface area contributed by atoms with Crippen LogP contribution in [0.15, 0.2) is 43.0 Å². The van der Waals surface area contributed by atoms with Crippen LogP contribution in [0, 0.1) is 5.92 Å². The maximum absolute atomic E-state index is 12.7. The van der Waals surface area contributed by atoms with Crippen molar-refractivity contribution in [3.63, 3.8) is 0 Å². The first-order chi connectivity index (χ1) is 13.6. The number of likely N-dealkylation sites (tertiary alicyclic amines) is 1. The lowest BCUT2D eigenvalue weighted by molar-refractivity contribution is -0.127. The van der Waals surface area contributed by atoms with Crippen LogP contribution in [0.2, 0.25) is 0 Å². The fourth-order valence-corrected chi connectivity index (χ4v) is 3.53. The summed E-state index contributed by atoms with van der Waals surface area (Å²) in [5.41, 5.74) is 0.619. The summed E-state index contributed by atoms with van der Waals surface area (Å²) in [5, 5.41) is 3.16. The fourth-order valence-electron chi connectivity index (χ4n) is 3.53. The molecule has 0 spiro atoms. The Labute approximate surface area is 165 Å². The summed E-state index contributed by atoms with van der Waals surface area (Å²) in [6, 6.07) is 7.27. The Bertz CT molecular complexity index is 783. The summed E-state index contributed by atoms with van der Waals surface area (Å²) in [6.07, 6.45) is 7.63. The van der Waals surface area contributed by atoms with Gasteiger partial charge in [0.25, 0.3) is 5.91 Å². The number of hydrogen-bond donors (Lipinski definition) is 1. The van der Waals surface area contributed by atoms with E-state index < -0.39 is 0 Å². The van der Waals surface area contributed by atoms with Gasteiger partial charge in [0.15, 0.2) is 0 Å². The third-order valence-corrected chi connectivity index (χ3v) is 5.30. The lowest BCUT2D eigenvalue weighted by Crippen LogP contribution is -2.46. The number of piperidine rings is 1. The van der Waals surface area contributed by atoms with Gasteiger partial charge in [-0.2, -0.15) is 0 Å². The molecule has 0 saturated carbocycles. The van der Waals surface area contributed by atoms with Gasteiger partial charge in [-0.05, 0) is 37.5 Å². The Morgan fingerprint density at radius 3 is 2.75 bits per heavy atom. The average Bonchev–Trinajstić information content (AvgIpc) is 3.26. The molecule has 1 atom stereocenters. The molecule has 1 aromatic heterocycles. The molecule has 2 amide bonds. The Kier molecular flexibility index (Phi) is 6.68. The number of amides is 2. The maximum atomic E-state index is 12.7. The zero-order valence-electron chi connectivity index (χ0n) is 16.5. The van der Waals surface area contributed by atoms with Gasteiger partial charge in [-0.15, -0.1) is 0 Å². The molecule has 0 aliphatic carbocycles. The van der Waals surface area contributed by atoms with E-state index in [4.69, 9.17) is 4.74 Å². The van der Waals surface area contributed by atoms with E-state index in [2.05, 4.69) is 17.2 Å². The van der Waals surface area contributed by atoms with Crippen LogP contribution in [-0.2, 0) is 11.3 Å². The largest absolute Gasteiger partial charge is 0.497 e. The molecule has 7 heteroatoms. The molecule has 1 aliphatic heterocycles. The van der Waals surface area contributed by atoms with Gasteiger partial charge in [0.2, 0.25) is 5.91 Å². The number of rotatable bonds is 7. The summed E-state index contributed by atoms with van der Waals surface area (Å²) in [5.74, 6) is 0.694. The second kappa shape index (κ2) is 9.39. The third kappa shape index (κ3) is 4.91. The van der Waals surface area contributed by atoms with Gasteiger partial charge in [-0.3, -0.25) is 9.59 Å². The highest BCUT2D eigenvalue weighted by molar-refractivity contribution is 5.94. The van der Waals surface area contributed by atoms with Gasteiger partial charge in [0, 0.05) is 49.6 Å². The van der Waals surface area contributed by atoms with E-state index in [1.165, 1.54) is 0 Å². The third-order valence-electron chi connectivity index (χ3n) is 5.30. The minimum Gasteiger partial charge on any atom is -0.497 e. The number of carbonyl (C=O) groups excluding carboxylic acids is 2. The number of benzene rings is 1. The molecule has 0 unspecified atom stereocenters. The van der Waals surface area contributed by atoms with Crippen molar-refractivity contribution < 1.29 is 14.3 Å². The summed E-state index contributed by atoms with van der Waals surface area (Å²) in [4.78, 5) is 31.2. The molecule has 0 bridgehead atoms. The number of carbonyl (C=O) groups is 2. The zero-order chi connectivity index (χ0) is 19.9. The monoisotopic (exact) mass is 384 g/mol. The fraction of sp³-hybridized carbons (Fsp3) is 0.476. The number of methoxy groups -OCH3 is 1. The number of nitrogens with zero attached hydrogens (tertiary/aromatic N) is 3. The van der Waals surface area contributed by atoms with E-state index in [-0.39, 0.29) is 23.8 Å². The number of hydrogen-bond acceptors (Lipinski definition) is 4. The van der Waals surface area contributed by atoms with E-state index in [0.29, 0.717) is 37.2 Å². The molecule has 7 nitrogen and oxygen atoms in total. The number of aromatic nitrogens is 2. The quantitative estimate of drug-likeness (QED) is 0.795. The second-order valence-electron chi connectivity index (χ2n) is 7.17. The zero-order valence-corrected chi connectivity index (χ0v) is 16.5. The summed E-state index contributed by atoms with van der Waals surface area (Å²) in [6.45, 7) is 3.96. The Balaban J connectivity index is 1.51. The smallest absolute Gasteiger partial charge is 0.253 e. The molecule has 1 aliphatic rings. The molecule has 1 fully saturated rings. The topological polar surface area (TPSA) is 76.5 Å². The first-order valence-corrected chi connectivity index (χ1v) is 9.80. The molecule has 0 radical (unpaired) electrons. The number of ether oxygens (including phenoxy) is 1. The van der Waals surface area contributed by atoms with Gasteiger partial charge in [-0.1, -0.05) is 13.0 Å². The molecular formula is C21H28N4O3. The van der Waals surface area contributed by atoms with Crippen LogP contribution >= 0.6 is 0 Å². The Morgan fingerprint density at radius 1 is 1.32 bits per heavy atom. The van der Waals surface area contributed by atoms with Crippen LogP contribution in [0.4, 0.5) is 0 Å². The molecular weight excluding hydrogens is 356 g/mol. The molecule has 1 aromatic carbocycles. The molecule has 150 valence electrons. The molecule has 2 aromatic rings. The maximum Gasteiger partial charge on any atom is 0.253 e. The van der Waals surface area contributed by atoms with Crippen LogP contribution in [0.3, 0.4) is 0 Å². The highest BCUT2D eigenvalue weighted by Gasteiger charge is 2.28. The molecule has 2 heterocycles. The summed E-state index contributed by atoms with van der Waals surface area (Å²) >= 11 is 0. The van der Waals surface area contributed by atoms with E-state index in [1.807, 2.05) is 27.8 Å². The Morgan fingerprint density at radius 2 is 2.11 bits per heavy atom. The van der Waals surface area contributed by atoms with E-state index in [1.54, 1.807) is 31.8 Å². The lowest BCUT2D eigenvalue weighted by atomic mass is 9.95. The predicted molar refractivity (Wildman–Crippen MR) is 106 cm³/mol. The van der Waals surface area contributed by atoms with Crippen molar-refractivity contribution in [2.24, 2.45) is 5.92 Å². The number of nitrogens with one attached hydrogen (secondary N) is 1. The molecule has 1 saturated heterocycles. The van der Waals surface area contributed by atoms with Crippen LogP contribution in [0.5, 0.6) is 5.75 Å².